The quantitative estimate of drug-likeness (QED) is 0.208. The molecule has 0 unspecified atom stereocenters. The van der Waals surface area contributed by atoms with Crippen LogP contribution in [0.1, 0.15) is 20.8 Å². The molecule has 2 aromatic heterocycles. The molecule has 2 heterocycles. The molecule has 11 nitrogen and oxygen atoms in total. The molecule has 43 heavy (non-hydrogen) atoms. The molecule has 0 bridgehead atoms. The Kier molecular flexibility index (Phi) is 9.81. The van der Waals surface area contributed by atoms with E-state index in [-0.39, 0.29) is 31.8 Å². The number of carbonyl (C=O) groups is 2. The van der Waals surface area contributed by atoms with Gasteiger partial charge in [-0.2, -0.15) is 10.2 Å². The molecule has 0 saturated heterocycles. The molecule has 0 aliphatic rings. The van der Waals surface area contributed by atoms with E-state index in [9.17, 15) is 14.0 Å². The Morgan fingerprint density at radius 3 is 2.60 bits per heavy atom. The maximum Gasteiger partial charge on any atom is 0.410 e. The van der Waals surface area contributed by atoms with E-state index in [0.717, 1.165) is 16.0 Å². The van der Waals surface area contributed by atoms with E-state index < -0.39 is 23.6 Å². The standard InChI is InChI=1S/C30H32ClFN6O5/c1-30(2,3)43-29(41)38(12-11-37(4)28(39)40)13-14-42-21-6-7-22-25(9-10-33-26(22)17-21)35-20-16-27(36-34-18-20)23-15-19(31)5-8-24(23)32/h5-10,15-18H,11-14H2,1-4H3,(H,39,40)(H,33,35,36). The van der Waals surface area contributed by atoms with Gasteiger partial charge in [-0.05, 0) is 63.2 Å². The highest BCUT2D eigenvalue weighted by atomic mass is 35.5. The highest BCUT2D eigenvalue weighted by molar-refractivity contribution is 6.30. The summed E-state index contributed by atoms with van der Waals surface area (Å²) >= 11 is 6.04. The predicted octanol–water partition coefficient (Wildman–Crippen LogP) is 6.45. The highest BCUT2D eigenvalue weighted by Gasteiger charge is 2.23. The van der Waals surface area contributed by atoms with Crippen molar-refractivity contribution in [1.29, 1.82) is 0 Å². The number of rotatable bonds is 10. The van der Waals surface area contributed by atoms with Gasteiger partial charge in [0.2, 0.25) is 0 Å². The summed E-state index contributed by atoms with van der Waals surface area (Å²) in [4.78, 5) is 30.8. The topological polar surface area (TPSA) is 130 Å². The Morgan fingerprint density at radius 1 is 1.07 bits per heavy atom. The fraction of sp³-hybridized carbons (Fsp3) is 0.300. The van der Waals surface area contributed by atoms with Crippen LogP contribution in [-0.4, -0.2) is 81.2 Å². The van der Waals surface area contributed by atoms with E-state index in [0.29, 0.717) is 27.7 Å². The lowest BCUT2D eigenvalue weighted by molar-refractivity contribution is 0.0212. The number of aromatic nitrogens is 3. The molecule has 0 aliphatic carbocycles. The zero-order chi connectivity index (χ0) is 31.1. The number of anilines is 2. The lowest BCUT2D eigenvalue weighted by atomic mass is 10.1. The van der Waals surface area contributed by atoms with Crippen molar-refractivity contribution in [1.82, 2.24) is 25.0 Å². The summed E-state index contributed by atoms with van der Waals surface area (Å²) in [6.07, 6.45) is 1.52. The third kappa shape index (κ3) is 8.65. The van der Waals surface area contributed by atoms with Gasteiger partial charge in [0.05, 0.1) is 29.6 Å². The Labute approximate surface area is 253 Å². The number of hydrogen-bond acceptors (Lipinski definition) is 8. The van der Waals surface area contributed by atoms with Crippen LogP contribution in [0, 0.1) is 5.82 Å². The Balaban J connectivity index is 1.45. The molecule has 0 fully saturated rings. The van der Waals surface area contributed by atoms with Gasteiger partial charge < -0.3 is 29.7 Å². The SMILES string of the molecule is CN(CCN(CCOc1ccc2c(Nc3cnnc(-c4cc(Cl)ccc4F)c3)ccnc2c1)C(=O)OC(C)(C)C)C(=O)O. The van der Waals surface area contributed by atoms with Gasteiger partial charge in [-0.1, -0.05) is 11.6 Å². The van der Waals surface area contributed by atoms with E-state index in [1.54, 1.807) is 51.2 Å². The second kappa shape index (κ2) is 13.5. The smallest absolute Gasteiger partial charge is 0.410 e. The number of halogens is 2. The fourth-order valence-corrected chi connectivity index (χ4v) is 4.18. The number of carbonyl (C=O) groups excluding carboxylic acids is 1. The van der Waals surface area contributed by atoms with Crippen molar-refractivity contribution >= 4 is 46.1 Å². The minimum Gasteiger partial charge on any atom is -0.492 e. The van der Waals surface area contributed by atoms with Crippen molar-refractivity contribution in [2.24, 2.45) is 0 Å². The van der Waals surface area contributed by atoms with E-state index in [1.165, 1.54) is 36.3 Å². The molecule has 13 heteroatoms. The van der Waals surface area contributed by atoms with Crippen molar-refractivity contribution in [2.45, 2.75) is 26.4 Å². The van der Waals surface area contributed by atoms with Crippen molar-refractivity contribution in [2.75, 3.05) is 38.6 Å². The summed E-state index contributed by atoms with van der Waals surface area (Å²) in [5.74, 6) is 0.0767. The number of carboxylic acid groups (broad SMARTS) is 1. The van der Waals surface area contributed by atoms with Gasteiger partial charge in [0.1, 0.15) is 23.8 Å². The number of pyridine rings is 1. The van der Waals surface area contributed by atoms with Gasteiger partial charge in [-0.3, -0.25) is 4.98 Å². The summed E-state index contributed by atoms with van der Waals surface area (Å²) in [6.45, 7) is 5.87. The van der Waals surface area contributed by atoms with Crippen LogP contribution >= 0.6 is 11.6 Å². The van der Waals surface area contributed by atoms with Crippen LogP contribution in [0.25, 0.3) is 22.2 Å². The van der Waals surface area contributed by atoms with Crippen LogP contribution < -0.4 is 10.1 Å². The Bertz CT molecular complexity index is 1620. The highest BCUT2D eigenvalue weighted by Crippen LogP contribution is 2.30. The number of nitrogens with zero attached hydrogens (tertiary/aromatic N) is 5. The third-order valence-corrected chi connectivity index (χ3v) is 6.40. The van der Waals surface area contributed by atoms with Gasteiger partial charge in [0, 0.05) is 54.1 Å². The summed E-state index contributed by atoms with van der Waals surface area (Å²) in [6, 6.07) is 13.1. The minimum atomic E-state index is -1.09. The first kappa shape index (κ1) is 31.2. The lowest BCUT2D eigenvalue weighted by Gasteiger charge is -2.28. The first-order valence-corrected chi connectivity index (χ1v) is 13.8. The summed E-state index contributed by atoms with van der Waals surface area (Å²) in [7, 11) is 1.43. The Hall–Kier alpha value is -4.71. The van der Waals surface area contributed by atoms with E-state index in [2.05, 4.69) is 20.5 Å². The number of fused-ring (bicyclic) bond motifs is 1. The van der Waals surface area contributed by atoms with Crippen LogP contribution in [0.15, 0.2) is 60.9 Å². The molecule has 2 aromatic carbocycles. The molecule has 226 valence electrons. The van der Waals surface area contributed by atoms with Crippen molar-refractivity contribution < 1.29 is 28.6 Å². The molecular weight excluding hydrogens is 579 g/mol. The number of likely N-dealkylation sites (N-methyl/N-ethyl adjacent to an activating group) is 1. The molecule has 0 saturated carbocycles. The van der Waals surface area contributed by atoms with Crippen LogP contribution in [0.5, 0.6) is 5.75 Å². The largest absolute Gasteiger partial charge is 0.492 e. The number of nitrogens with one attached hydrogen (secondary N) is 1. The van der Waals surface area contributed by atoms with Gasteiger partial charge >= 0.3 is 12.2 Å². The van der Waals surface area contributed by atoms with E-state index in [1.807, 2.05) is 6.07 Å². The van der Waals surface area contributed by atoms with Gasteiger partial charge in [-0.25, -0.2) is 14.0 Å². The maximum absolute atomic E-state index is 14.4. The summed E-state index contributed by atoms with van der Waals surface area (Å²) < 4.78 is 25.8. The molecule has 0 radical (unpaired) electrons. The first-order valence-electron chi connectivity index (χ1n) is 13.4. The van der Waals surface area contributed by atoms with Crippen LogP contribution in [0.4, 0.5) is 25.4 Å². The molecule has 0 spiro atoms. The average Bonchev–Trinajstić information content (AvgIpc) is 2.95. The second-order valence-corrected chi connectivity index (χ2v) is 11.1. The predicted molar refractivity (Wildman–Crippen MR) is 161 cm³/mol. The lowest BCUT2D eigenvalue weighted by Crippen LogP contribution is -2.43. The Morgan fingerprint density at radius 2 is 1.86 bits per heavy atom. The van der Waals surface area contributed by atoms with Gasteiger partial charge in [-0.15, -0.1) is 0 Å². The normalized spacial score (nSPS) is 11.2. The number of ether oxygens (including phenoxy) is 2. The third-order valence-electron chi connectivity index (χ3n) is 6.17. The van der Waals surface area contributed by atoms with Crippen LogP contribution in [0.2, 0.25) is 5.02 Å². The molecule has 4 aromatic rings. The van der Waals surface area contributed by atoms with Crippen LogP contribution in [-0.2, 0) is 4.74 Å². The molecule has 0 atom stereocenters. The van der Waals surface area contributed by atoms with Crippen molar-refractivity contribution in [3.8, 4) is 17.0 Å². The van der Waals surface area contributed by atoms with Crippen molar-refractivity contribution in [3.05, 3.63) is 71.8 Å². The van der Waals surface area contributed by atoms with Gasteiger partial charge in [0.25, 0.3) is 0 Å². The van der Waals surface area contributed by atoms with E-state index >= 15 is 0 Å². The molecule has 4 rings (SSSR count). The molecule has 2 amide bonds. The fourth-order valence-electron chi connectivity index (χ4n) is 4.00. The zero-order valence-electron chi connectivity index (χ0n) is 24.2. The number of amides is 2. The monoisotopic (exact) mass is 610 g/mol. The number of benzene rings is 2. The molecule has 2 N–H and O–H groups in total. The maximum atomic E-state index is 14.4. The molecular formula is C30H32ClFN6O5. The molecule has 0 aliphatic heterocycles. The van der Waals surface area contributed by atoms with E-state index in [4.69, 9.17) is 26.2 Å². The van der Waals surface area contributed by atoms with Crippen molar-refractivity contribution in [3.63, 3.8) is 0 Å². The minimum absolute atomic E-state index is 0.118. The second-order valence-electron chi connectivity index (χ2n) is 10.6. The number of hydrogen-bond donors (Lipinski definition) is 2. The summed E-state index contributed by atoms with van der Waals surface area (Å²) in [5.41, 5.74) is 1.84. The summed E-state index contributed by atoms with van der Waals surface area (Å²) in [5, 5.41) is 21.7. The van der Waals surface area contributed by atoms with Crippen LogP contribution in [0.3, 0.4) is 0 Å². The zero-order valence-corrected chi connectivity index (χ0v) is 24.9. The average molecular weight is 611 g/mol. The first-order chi connectivity index (χ1) is 20.4. The van der Waals surface area contributed by atoms with Gasteiger partial charge in [0.15, 0.2) is 0 Å².